The third-order valence-electron chi connectivity index (χ3n) is 3.79. The molecule has 2 fully saturated rings. The highest BCUT2D eigenvalue weighted by Gasteiger charge is 2.32. The second-order valence-electron chi connectivity index (χ2n) is 5.02. The lowest BCUT2D eigenvalue weighted by molar-refractivity contribution is -0.125. The van der Waals surface area contributed by atoms with Crippen LogP contribution in [0.4, 0.5) is 0 Å². The fourth-order valence-corrected chi connectivity index (χ4v) is 2.78. The second kappa shape index (κ2) is 4.95. The molecule has 2 aliphatic rings. The normalized spacial score (nSPS) is 29.2. The Morgan fingerprint density at radius 1 is 1.25 bits per heavy atom. The van der Waals surface area contributed by atoms with Gasteiger partial charge in [-0.25, -0.2) is 0 Å². The van der Waals surface area contributed by atoms with Crippen molar-refractivity contribution >= 4 is 11.8 Å². The molecule has 4 heteroatoms. The van der Waals surface area contributed by atoms with Gasteiger partial charge < -0.3 is 5.32 Å². The zero-order chi connectivity index (χ0) is 11.5. The lowest BCUT2D eigenvalue weighted by Gasteiger charge is -2.29. The van der Waals surface area contributed by atoms with Gasteiger partial charge in [0.2, 0.25) is 11.8 Å². The molecule has 2 atom stereocenters. The number of imide groups is 1. The fraction of sp³-hybridized carbons (Fsp3) is 0.833. The highest BCUT2D eigenvalue weighted by atomic mass is 16.2. The molecule has 2 rings (SSSR count). The van der Waals surface area contributed by atoms with Crippen molar-refractivity contribution in [2.24, 2.45) is 5.92 Å². The van der Waals surface area contributed by atoms with Gasteiger partial charge in [0.05, 0.1) is 12.5 Å². The average Bonchev–Trinajstić information content (AvgIpc) is 2.59. The van der Waals surface area contributed by atoms with Gasteiger partial charge >= 0.3 is 0 Å². The van der Waals surface area contributed by atoms with Crippen LogP contribution < -0.4 is 10.6 Å². The van der Waals surface area contributed by atoms with Gasteiger partial charge in [-0.1, -0.05) is 19.3 Å². The van der Waals surface area contributed by atoms with Crippen LogP contribution in [-0.2, 0) is 9.59 Å². The minimum absolute atomic E-state index is 0.154. The van der Waals surface area contributed by atoms with Crippen molar-refractivity contribution in [3.8, 4) is 0 Å². The molecule has 1 aliphatic carbocycles. The van der Waals surface area contributed by atoms with E-state index in [0.717, 1.165) is 0 Å². The minimum Gasteiger partial charge on any atom is -0.303 e. The lowest BCUT2D eigenvalue weighted by atomic mass is 9.84. The van der Waals surface area contributed by atoms with E-state index in [1.54, 1.807) is 0 Å². The number of rotatable bonds is 3. The summed E-state index contributed by atoms with van der Waals surface area (Å²) < 4.78 is 0. The van der Waals surface area contributed by atoms with E-state index < -0.39 is 0 Å². The molecule has 1 heterocycles. The van der Waals surface area contributed by atoms with Crippen LogP contribution in [-0.4, -0.2) is 23.9 Å². The van der Waals surface area contributed by atoms with E-state index in [-0.39, 0.29) is 17.9 Å². The van der Waals surface area contributed by atoms with E-state index >= 15 is 0 Å². The summed E-state index contributed by atoms with van der Waals surface area (Å²) in [5.41, 5.74) is 0. The highest BCUT2D eigenvalue weighted by molar-refractivity contribution is 6.05. The van der Waals surface area contributed by atoms with E-state index in [1.165, 1.54) is 32.1 Å². The van der Waals surface area contributed by atoms with Crippen molar-refractivity contribution in [3.63, 3.8) is 0 Å². The van der Waals surface area contributed by atoms with Crippen LogP contribution >= 0.6 is 0 Å². The maximum absolute atomic E-state index is 11.4. The first-order valence-electron chi connectivity index (χ1n) is 6.26. The zero-order valence-corrected chi connectivity index (χ0v) is 9.79. The predicted molar refractivity (Wildman–Crippen MR) is 60.7 cm³/mol. The maximum Gasteiger partial charge on any atom is 0.244 e. The zero-order valence-electron chi connectivity index (χ0n) is 9.79. The predicted octanol–water partition coefficient (Wildman–Crippen LogP) is 0.960. The van der Waals surface area contributed by atoms with E-state index in [1.807, 2.05) is 0 Å². The molecule has 2 amide bonds. The standard InChI is InChI=1S/C12H20N2O2/c1-8(9-5-3-2-4-6-9)13-10-7-11(15)14-12(10)16/h8-10,13H,2-7H2,1H3,(H,14,15,16). The number of amides is 2. The molecule has 1 aliphatic heterocycles. The molecule has 0 aromatic carbocycles. The van der Waals surface area contributed by atoms with Gasteiger partial charge in [-0.05, 0) is 25.7 Å². The summed E-state index contributed by atoms with van der Waals surface area (Å²) in [6.07, 6.45) is 6.73. The Labute approximate surface area is 96.2 Å². The number of nitrogens with one attached hydrogen (secondary N) is 2. The number of carbonyl (C=O) groups excluding carboxylic acids is 2. The van der Waals surface area contributed by atoms with E-state index in [9.17, 15) is 9.59 Å². The Kier molecular flexibility index (Phi) is 3.59. The smallest absolute Gasteiger partial charge is 0.244 e. The highest BCUT2D eigenvalue weighted by Crippen LogP contribution is 2.26. The van der Waals surface area contributed by atoms with Crippen LogP contribution in [0.25, 0.3) is 0 Å². The van der Waals surface area contributed by atoms with Gasteiger partial charge in [0.1, 0.15) is 0 Å². The third-order valence-corrected chi connectivity index (χ3v) is 3.79. The van der Waals surface area contributed by atoms with Crippen molar-refractivity contribution < 1.29 is 9.59 Å². The molecule has 0 radical (unpaired) electrons. The Balaban J connectivity index is 1.84. The fourth-order valence-electron chi connectivity index (χ4n) is 2.78. The monoisotopic (exact) mass is 224 g/mol. The summed E-state index contributed by atoms with van der Waals surface area (Å²) in [4.78, 5) is 22.5. The molecule has 0 aromatic heterocycles. The van der Waals surface area contributed by atoms with Crippen LogP contribution in [0.15, 0.2) is 0 Å². The SMILES string of the molecule is CC(NC1CC(=O)NC1=O)C1CCCCC1. The van der Waals surface area contributed by atoms with Crippen LogP contribution in [0, 0.1) is 5.92 Å². The molecule has 0 spiro atoms. The summed E-state index contributed by atoms with van der Waals surface area (Å²) in [5.74, 6) is 0.350. The molecule has 2 N–H and O–H groups in total. The molecule has 0 bridgehead atoms. The third kappa shape index (κ3) is 2.61. The van der Waals surface area contributed by atoms with Gasteiger partial charge in [0.15, 0.2) is 0 Å². The van der Waals surface area contributed by atoms with Crippen molar-refractivity contribution in [1.29, 1.82) is 0 Å². The topological polar surface area (TPSA) is 58.2 Å². The average molecular weight is 224 g/mol. The van der Waals surface area contributed by atoms with Crippen LogP contribution in [0.5, 0.6) is 0 Å². The van der Waals surface area contributed by atoms with Crippen molar-refractivity contribution in [2.45, 2.75) is 57.5 Å². The first-order valence-corrected chi connectivity index (χ1v) is 6.26. The molecule has 90 valence electrons. The van der Waals surface area contributed by atoms with Gasteiger partial charge in [-0.15, -0.1) is 0 Å². The number of hydrogen-bond donors (Lipinski definition) is 2. The van der Waals surface area contributed by atoms with E-state index in [4.69, 9.17) is 0 Å². The summed E-state index contributed by atoms with van der Waals surface area (Å²) in [5, 5.41) is 5.63. The molecular weight excluding hydrogens is 204 g/mol. The van der Waals surface area contributed by atoms with Gasteiger partial charge in [0.25, 0.3) is 0 Å². The minimum atomic E-state index is -0.301. The summed E-state index contributed by atoms with van der Waals surface area (Å²) in [6, 6.07) is 0.0337. The Morgan fingerprint density at radius 3 is 2.50 bits per heavy atom. The molecule has 16 heavy (non-hydrogen) atoms. The Bertz CT molecular complexity index is 285. The Hall–Kier alpha value is -0.900. The largest absolute Gasteiger partial charge is 0.303 e. The molecule has 0 aromatic rings. The molecule has 2 unspecified atom stereocenters. The molecule has 1 saturated heterocycles. The number of hydrogen-bond acceptors (Lipinski definition) is 3. The lowest BCUT2D eigenvalue weighted by Crippen LogP contribution is -2.45. The summed E-state index contributed by atoms with van der Waals surface area (Å²) in [7, 11) is 0. The van der Waals surface area contributed by atoms with Crippen LogP contribution in [0.1, 0.15) is 45.4 Å². The number of carbonyl (C=O) groups is 2. The van der Waals surface area contributed by atoms with E-state index in [2.05, 4.69) is 17.6 Å². The first kappa shape index (κ1) is 11.6. The van der Waals surface area contributed by atoms with Gasteiger partial charge in [-0.3, -0.25) is 14.9 Å². The van der Waals surface area contributed by atoms with Crippen LogP contribution in [0.2, 0.25) is 0 Å². The quantitative estimate of drug-likeness (QED) is 0.702. The molecule has 1 saturated carbocycles. The molecule has 4 nitrogen and oxygen atoms in total. The van der Waals surface area contributed by atoms with E-state index in [0.29, 0.717) is 18.4 Å². The first-order chi connectivity index (χ1) is 7.66. The second-order valence-corrected chi connectivity index (χ2v) is 5.02. The van der Waals surface area contributed by atoms with Gasteiger partial charge in [-0.2, -0.15) is 0 Å². The van der Waals surface area contributed by atoms with Crippen molar-refractivity contribution in [3.05, 3.63) is 0 Å². The van der Waals surface area contributed by atoms with Crippen molar-refractivity contribution in [1.82, 2.24) is 10.6 Å². The van der Waals surface area contributed by atoms with Gasteiger partial charge in [0, 0.05) is 6.04 Å². The Morgan fingerprint density at radius 2 is 1.94 bits per heavy atom. The maximum atomic E-state index is 11.4. The molecular formula is C12H20N2O2. The summed E-state index contributed by atoms with van der Waals surface area (Å²) in [6.45, 7) is 2.13. The van der Waals surface area contributed by atoms with Crippen LogP contribution in [0.3, 0.4) is 0 Å². The summed E-state index contributed by atoms with van der Waals surface area (Å²) >= 11 is 0. The van der Waals surface area contributed by atoms with Crippen molar-refractivity contribution in [2.75, 3.05) is 0 Å².